The van der Waals surface area contributed by atoms with Crippen molar-refractivity contribution in [2.45, 2.75) is 20.5 Å². The highest BCUT2D eigenvalue weighted by atomic mass is 32.1. The Hall–Kier alpha value is -3.46. The quantitative estimate of drug-likeness (QED) is 0.475. The van der Waals surface area contributed by atoms with Crippen LogP contribution in [0.15, 0.2) is 40.3 Å². The topological polar surface area (TPSA) is 113 Å². The van der Waals surface area contributed by atoms with Crippen molar-refractivity contribution in [3.63, 3.8) is 0 Å². The average Bonchev–Trinajstić information content (AvgIpc) is 3.34. The van der Waals surface area contributed by atoms with Crippen LogP contribution in [0.25, 0.3) is 21.5 Å². The summed E-state index contributed by atoms with van der Waals surface area (Å²) in [6.07, 6.45) is 1.45. The number of nitrogen functional groups attached to an aromatic ring is 1. The van der Waals surface area contributed by atoms with Crippen LogP contribution < -0.4 is 10.5 Å². The molecular formula is C20H18N4O4S. The largest absolute Gasteiger partial charge is 0.489 e. The first-order valence-corrected chi connectivity index (χ1v) is 9.79. The van der Waals surface area contributed by atoms with E-state index in [2.05, 4.69) is 15.2 Å². The van der Waals surface area contributed by atoms with Gasteiger partial charge in [0.1, 0.15) is 18.2 Å². The summed E-state index contributed by atoms with van der Waals surface area (Å²) >= 11 is 1.41. The molecular weight excluding hydrogens is 392 g/mol. The Morgan fingerprint density at radius 2 is 2.17 bits per heavy atom. The van der Waals surface area contributed by atoms with Gasteiger partial charge in [0.2, 0.25) is 11.8 Å². The van der Waals surface area contributed by atoms with Gasteiger partial charge in [-0.2, -0.15) is 0 Å². The Kier molecular flexibility index (Phi) is 5.13. The van der Waals surface area contributed by atoms with Crippen molar-refractivity contribution >= 4 is 33.2 Å². The number of anilines is 1. The van der Waals surface area contributed by atoms with E-state index in [-0.39, 0.29) is 6.61 Å². The average molecular weight is 410 g/mol. The van der Waals surface area contributed by atoms with Gasteiger partial charge in [0.05, 0.1) is 16.9 Å². The maximum atomic E-state index is 12.2. The number of esters is 1. The van der Waals surface area contributed by atoms with E-state index in [9.17, 15) is 4.79 Å². The van der Waals surface area contributed by atoms with Gasteiger partial charge in [0, 0.05) is 29.6 Å². The van der Waals surface area contributed by atoms with E-state index in [1.807, 2.05) is 29.6 Å². The molecule has 0 fully saturated rings. The number of pyridine rings is 1. The number of aryl methyl sites for hydroxylation is 1. The van der Waals surface area contributed by atoms with Crippen LogP contribution in [0.1, 0.15) is 28.7 Å². The molecule has 0 amide bonds. The van der Waals surface area contributed by atoms with E-state index in [4.69, 9.17) is 19.6 Å². The zero-order valence-corrected chi connectivity index (χ0v) is 16.7. The predicted octanol–water partition coefficient (Wildman–Crippen LogP) is 3.99. The van der Waals surface area contributed by atoms with E-state index in [1.54, 1.807) is 13.8 Å². The van der Waals surface area contributed by atoms with Gasteiger partial charge in [-0.1, -0.05) is 6.07 Å². The molecule has 0 saturated heterocycles. The highest BCUT2D eigenvalue weighted by molar-refractivity contribution is 7.17. The Balaban J connectivity index is 1.59. The van der Waals surface area contributed by atoms with E-state index in [1.165, 1.54) is 17.5 Å². The minimum absolute atomic E-state index is 0.268. The molecule has 0 saturated carbocycles. The molecule has 0 unspecified atom stereocenters. The zero-order valence-electron chi connectivity index (χ0n) is 15.8. The van der Waals surface area contributed by atoms with Gasteiger partial charge < -0.3 is 19.6 Å². The molecule has 29 heavy (non-hydrogen) atoms. The lowest BCUT2D eigenvalue weighted by molar-refractivity contribution is 0.0528. The molecule has 0 aliphatic heterocycles. The highest BCUT2D eigenvalue weighted by Crippen LogP contribution is 2.33. The van der Waals surface area contributed by atoms with E-state index in [0.29, 0.717) is 40.9 Å². The summed E-state index contributed by atoms with van der Waals surface area (Å²) in [7, 11) is 0. The van der Waals surface area contributed by atoms with Gasteiger partial charge in [0.15, 0.2) is 0 Å². The summed E-state index contributed by atoms with van der Waals surface area (Å²) in [6, 6.07) is 7.39. The van der Waals surface area contributed by atoms with Crippen LogP contribution in [0, 0.1) is 6.92 Å². The molecule has 8 nitrogen and oxygen atoms in total. The molecule has 4 rings (SSSR count). The van der Waals surface area contributed by atoms with E-state index in [0.717, 1.165) is 15.8 Å². The molecule has 0 aliphatic rings. The van der Waals surface area contributed by atoms with Gasteiger partial charge in [0.25, 0.3) is 0 Å². The third-order valence-electron chi connectivity index (χ3n) is 4.20. The van der Waals surface area contributed by atoms with Gasteiger partial charge in [-0.25, -0.2) is 9.78 Å². The molecule has 3 aromatic heterocycles. The van der Waals surface area contributed by atoms with Crippen molar-refractivity contribution in [3.8, 4) is 17.2 Å². The van der Waals surface area contributed by atoms with Crippen molar-refractivity contribution in [2.24, 2.45) is 0 Å². The number of ether oxygens (including phenoxy) is 2. The summed E-state index contributed by atoms with van der Waals surface area (Å²) in [5.74, 6) is 1.51. The van der Waals surface area contributed by atoms with Crippen LogP contribution in [0.3, 0.4) is 0 Å². The second-order valence-electron chi connectivity index (χ2n) is 6.19. The smallest absolute Gasteiger partial charge is 0.341 e. The van der Waals surface area contributed by atoms with Crippen molar-refractivity contribution in [1.29, 1.82) is 0 Å². The summed E-state index contributed by atoms with van der Waals surface area (Å²) in [6.45, 7) is 4.06. The van der Waals surface area contributed by atoms with Crippen molar-refractivity contribution in [2.75, 3.05) is 12.3 Å². The zero-order chi connectivity index (χ0) is 20.4. The molecule has 148 valence electrons. The van der Waals surface area contributed by atoms with Gasteiger partial charge in [-0.3, -0.25) is 0 Å². The molecule has 0 spiro atoms. The number of aromatic nitrogens is 3. The second-order valence-corrected chi connectivity index (χ2v) is 7.07. The lowest BCUT2D eigenvalue weighted by Crippen LogP contribution is -2.06. The number of rotatable bonds is 6. The number of carbonyl (C=O) groups is 1. The van der Waals surface area contributed by atoms with Crippen LogP contribution in [0.2, 0.25) is 0 Å². The maximum Gasteiger partial charge on any atom is 0.341 e. The summed E-state index contributed by atoms with van der Waals surface area (Å²) in [5, 5.41) is 10.5. The Morgan fingerprint density at radius 3 is 2.93 bits per heavy atom. The van der Waals surface area contributed by atoms with Gasteiger partial charge in [-0.05, 0) is 30.5 Å². The molecule has 0 bridgehead atoms. The van der Waals surface area contributed by atoms with E-state index < -0.39 is 5.97 Å². The third-order valence-corrected chi connectivity index (χ3v) is 5.26. The standard InChI is InChI=1S/C20H18N4O4S/c1-3-26-20(25)15-8-22-18(21)16-13(10-29-17(15)16)9-27-14-6-4-5-12(7-14)19-24-23-11(2)28-19/h4-8,10H,3,9H2,1-2H3,(H2,21,22). The van der Waals surface area contributed by atoms with Crippen molar-refractivity contribution in [3.05, 3.63) is 52.9 Å². The number of fused-ring (bicyclic) bond motifs is 1. The maximum absolute atomic E-state index is 12.2. The molecule has 9 heteroatoms. The first-order chi connectivity index (χ1) is 14.1. The molecule has 0 radical (unpaired) electrons. The molecule has 0 atom stereocenters. The minimum atomic E-state index is -0.415. The van der Waals surface area contributed by atoms with Crippen LogP contribution in [0.4, 0.5) is 5.82 Å². The Bertz CT molecular complexity index is 1180. The monoisotopic (exact) mass is 410 g/mol. The SMILES string of the molecule is CCOC(=O)c1cnc(N)c2c(COc3cccc(-c4nnc(C)o4)c3)csc12. The summed E-state index contributed by atoms with van der Waals surface area (Å²) in [4.78, 5) is 16.3. The molecule has 3 heterocycles. The normalized spacial score (nSPS) is 11.0. The molecule has 1 aromatic carbocycles. The van der Waals surface area contributed by atoms with Crippen molar-refractivity contribution in [1.82, 2.24) is 15.2 Å². The van der Waals surface area contributed by atoms with Crippen LogP contribution >= 0.6 is 11.3 Å². The second kappa shape index (κ2) is 7.88. The highest BCUT2D eigenvalue weighted by Gasteiger charge is 2.18. The molecule has 4 aromatic rings. The fourth-order valence-corrected chi connectivity index (χ4v) is 3.95. The lowest BCUT2D eigenvalue weighted by atomic mass is 10.1. The van der Waals surface area contributed by atoms with Crippen LogP contribution in [0.5, 0.6) is 5.75 Å². The fraction of sp³-hybridized carbons (Fsp3) is 0.200. The first-order valence-electron chi connectivity index (χ1n) is 8.91. The number of nitrogens with two attached hydrogens (primary N) is 1. The van der Waals surface area contributed by atoms with Crippen LogP contribution in [-0.4, -0.2) is 27.8 Å². The van der Waals surface area contributed by atoms with Crippen molar-refractivity contribution < 1.29 is 18.7 Å². The first kappa shape index (κ1) is 18.9. The Labute approximate surface area is 170 Å². The van der Waals surface area contributed by atoms with E-state index >= 15 is 0 Å². The summed E-state index contributed by atoms with van der Waals surface area (Å²) < 4.78 is 17.3. The third kappa shape index (κ3) is 3.77. The number of benzene rings is 1. The number of nitrogens with zero attached hydrogens (tertiary/aromatic N) is 3. The van der Waals surface area contributed by atoms with Crippen LogP contribution in [-0.2, 0) is 11.3 Å². The van der Waals surface area contributed by atoms with Gasteiger partial charge >= 0.3 is 5.97 Å². The van der Waals surface area contributed by atoms with Gasteiger partial charge in [-0.15, -0.1) is 21.5 Å². The predicted molar refractivity (Wildman–Crippen MR) is 109 cm³/mol. The Morgan fingerprint density at radius 1 is 1.31 bits per heavy atom. The minimum Gasteiger partial charge on any atom is -0.489 e. The lowest BCUT2D eigenvalue weighted by Gasteiger charge is -2.08. The fourth-order valence-electron chi connectivity index (χ4n) is 2.88. The molecule has 2 N–H and O–H groups in total. The summed E-state index contributed by atoms with van der Waals surface area (Å²) in [5.41, 5.74) is 8.09. The number of hydrogen-bond acceptors (Lipinski definition) is 9. The molecule has 0 aliphatic carbocycles. The number of hydrogen-bond donors (Lipinski definition) is 1. The number of thiophene rings is 1. The number of carbonyl (C=O) groups excluding carboxylic acids is 1.